The summed E-state index contributed by atoms with van der Waals surface area (Å²) in [5.41, 5.74) is 7.56. The third-order valence-corrected chi connectivity index (χ3v) is 3.63. The number of hydrogen-bond acceptors (Lipinski definition) is 4. The zero-order valence-electron chi connectivity index (χ0n) is 11.2. The van der Waals surface area contributed by atoms with E-state index in [1.54, 1.807) is 6.07 Å². The van der Waals surface area contributed by atoms with Crippen LogP contribution >= 0.6 is 28.3 Å². The Morgan fingerprint density at radius 3 is 2.45 bits per heavy atom. The lowest BCUT2D eigenvalue weighted by Crippen LogP contribution is -2.41. The Balaban J connectivity index is 0.00000361. The van der Waals surface area contributed by atoms with E-state index in [0.29, 0.717) is 11.4 Å². The van der Waals surface area contributed by atoms with Gasteiger partial charge in [0.15, 0.2) is 0 Å². The van der Waals surface area contributed by atoms with Gasteiger partial charge in [0, 0.05) is 4.47 Å². The van der Waals surface area contributed by atoms with Crippen molar-refractivity contribution in [3.8, 4) is 0 Å². The van der Waals surface area contributed by atoms with Crippen LogP contribution in [-0.2, 0) is 14.8 Å². The molecule has 0 saturated carbocycles. The summed E-state index contributed by atoms with van der Waals surface area (Å²) < 4.78 is 25.1. The predicted molar refractivity (Wildman–Crippen MR) is 86.6 cm³/mol. The summed E-state index contributed by atoms with van der Waals surface area (Å²) in [6.45, 7) is 3.27. The molecule has 4 N–H and O–H groups in total. The SMILES string of the molecule is Cc1cc(Br)cc(NC(=O)C(C)NS(C)(=O)=O)c1N.Cl. The molecule has 20 heavy (non-hydrogen) atoms. The molecule has 0 aliphatic carbocycles. The molecule has 1 atom stereocenters. The van der Waals surface area contributed by atoms with Crippen molar-refractivity contribution < 1.29 is 13.2 Å². The second kappa shape index (κ2) is 7.26. The van der Waals surface area contributed by atoms with E-state index in [9.17, 15) is 13.2 Å². The van der Waals surface area contributed by atoms with E-state index < -0.39 is 22.0 Å². The number of hydrogen-bond donors (Lipinski definition) is 3. The summed E-state index contributed by atoms with van der Waals surface area (Å²) in [5, 5.41) is 2.59. The summed E-state index contributed by atoms with van der Waals surface area (Å²) in [4.78, 5) is 11.9. The highest BCUT2D eigenvalue weighted by molar-refractivity contribution is 9.10. The quantitative estimate of drug-likeness (QED) is 0.685. The number of nitrogen functional groups attached to an aromatic ring is 1. The van der Waals surface area contributed by atoms with Crippen molar-refractivity contribution in [3.05, 3.63) is 22.2 Å². The van der Waals surface area contributed by atoms with E-state index in [-0.39, 0.29) is 12.4 Å². The van der Waals surface area contributed by atoms with E-state index >= 15 is 0 Å². The number of halogens is 2. The van der Waals surface area contributed by atoms with Crippen LogP contribution in [0.5, 0.6) is 0 Å². The van der Waals surface area contributed by atoms with Gasteiger partial charge in [0.25, 0.3) is 0 Å². The summed E-state index contributed by atoms with van der Waals surface area (Å²) in [7, 11) is -3.44. The molecule has 1 amide bonds. The van der Waals surface area contributed by atoms with Crippen LogP contribution in [-0.4, -0.2) is 26.6 Å². The number of anilines is 2. The minimum atomic E-state index is -3.44. The zero-order chi connectivity index (χ0) is 14.8. The van der Waals surface area contributed by atoms with E-state index in [1.807, 2.05) is 13.0 Å². The Kier molecular flexibility index (Phi) is 6.96. The molecule has 0 saturated heterocycles. The number of carbonyl (C=O) groups is 1. The van der Waals surface area contributed by atoms with Gasteiger partial charge >= 0.3 is 0 Å². The number of sulfonamides is 1. The molecule has 0 spiro atoms. The van der Waals surface area contributed by atoms with Gasteiger partial charge in [0.2, 0.25) is 15.9 Å². The van der Waals surface area contributed by atoms with Crippen molar-refractivity contribution >= 4 is 55.6 Å². The Labute approximate surface area is 133 Å². The first-order valence-electron chi connectivity index (χ1n) is 5.44. The van der Waals surface area contributed by atoms with Gasteiger partial charge in [-0.1, -0.05) is 15.9 Å². The van der Waals surface area contributed by atoms with Gasteiger partial charge in [-0.05, 0) is 31.5 Å². The average molecular weight is 387 g/mol. The van der Waals surface area contributed by atoms with Crippen LogP contribution in [0.2, 0.25) is 0 Å². The van der Waals surface area contributed by atoms with Gasteiger partial charge in [-0.25, -0.2) is 13.1 Å². The van der Waals surface area contributed by atoms with Gasteiger partial charge in [-0.2, -0.15) is 0 Å². The van der Waals surface area contributed by atoms with Gasteiger partial charge < -0.3 is 11.1 Å². The van der Waals surface area contributed by atoms with Crippen LogP contribution in [0.1, 0.15) is 12.5 Å². The molecular weight excluding hydrogens is 370 g/mol. The molecular formula is C11H17BrClN3O3S. The number of benzene rings is 1. The van der Waals surface area contributed by atoms with Crippen LogP contribution in [0.25, 0.3) is 0 Å². The van der Waals surface area contributed by atoms with Gasteiger partial charge in [-0.15, -0.1) is 12.4 Å². The minimum absolute atomic E-state index is 0. The maximum atomic E-state index is 11.9. The van der Waals surface area contributed by atoms with Crippen molar-refractivity contribution in [2.45, 2.75) is 19.9 Å². The third kappa shape index (κ3) is 5.66. The zero-order valence-corrected chi connectivity index (χ0v) is 14.4. The lowest BCUT2D eigenvalue weighted by molar-refractivity contribution is -0.117. The lowest BCUT2D eigenvalue weighted by Gasteiger charge is -2.15. The first-order valence-corrected chi connectivity index (χ1v) is 8.12. The Bertz CT molecular complexity index is 607. The molecule has 0 radical (unpaired) electrons. The molecule has 1 aromatic carbocycles. The smallest absolute Gasteiger partial charge is 0.242 e. The molecule has 0 heterocycles. The second-order valence-electron chi connectivity index (χ2n) is 4.28. The molecule has 9 heteroatoms. The summed E-state index contributed by atoms with van der Waals surface area (Å²) in [5.74, 6) is -0.477. The minimum Gasteiger partial charge on any atom is -0.397 e. The maximum absolute atomic E-state index is 11.9. The number of aryl methyl sites for hydroxylation is 1. The average Bonchev–Trinajstić information content (AvgIpc) is 2.22. The standard InChI is InChI=1S/C11H16BrN3O3S.ClH/c1-6-4-8(12)5-9(10(6)13)14-11(16)7(2)15-19(3,17)18;/h4-5,7,15H,13H2,1-3H3,(H,14,16);1H. The Morgan fingerprint density at radius 1 is 1.40 bits per heavy atom. The molecule has 6 nitrogen and oxygen atoms in total. The monoisotopic (exact) mass is 385 g/mol. The molecule has 0 aromatic heterocycles. The number of carbonyl (C=O) groups excluding carboxylic acids is 1. The van der Waals surface area contributed by atoms with Crippen molar-refractivity contribution in [2.24, 2.45) is 0 Å². The van der Waals surface area contributed by atoms with Crippen LogP contribution < -0.4 is 15.8 Å². The fraction of sp³-hybridized carbons (Fsp3) is 0.364. The second-order valence-corrected chi connectivity index (χ2v) is 6.98. The Hall–Kier alpha value is -0.830. The maximum Gasteiger partial charge on any atom is 0.242 e. The van der Waals surface area contributed by atoms with Crippen molar-refractivity contribution in [1.82, 2.24) is 4.72 Å². The number of amides is 1. The normalized spacial score (nSPS) is 12.4. The number of rotatable bonds is 4. The number of nitrogens with one attached hydrogen (secondary N) is 2. The van der Waals surface area contributed by atoms with Gasteiger partial charge in [0.05, 0.1) is 23.7 Å². The Morgan fingerprint density at radius 2 is 1.95 bits per heavy atom. The van der Waals surface area contributed by atoms with Crippen LogP contribution in [0.3, 0.4) is 0 Å². The first-order chi connectivity index (χ1) is 8.60. The van der Waals surface area contributed by atoms with E-state index in [4.69, 9.17) is 5.73 Å². The fourth-order valence-corrected chi connectivity index (χ4v) is 2.79. The van der Waals surface area contributed by atoms with Crippen LogP contribution in [0, 0.1) is 6.92 Å². The molecule has 0 aliphatic rings. The van der Waals surface area contributed by atoms with E-state index in [1.165, 1.54) is 6.92 Å². The van der Waals surface area contributed by atoms with Gasteiger partial charge in [0.1, 0.15) is 0 Å². The molecule has 0 bridgehead atoms. The highest BCUT2D eigenvalue weighted by Crippen LogP contribution is 2.27. The number of nitrogens with two attached hydrogens (primary N) is 1. The van der Waals surface area contributed by atoms with Crippen molar-refractivity contribution in [2.75, 3.05) is 17.3 Å². The highest BCUT2D eigenvalue weighted by atomic mass is 79.9. The van der Waals surface area contributed by atoms with Crippen molar-refractivity contribution in [3.63, 3.8) is 0 Å². The van der Waals surface area contributed by atoms with Crippen LogP contribution in [0.15, 0.2) is 16.6 Å². The lowest BCUT2D eigenvalue weighted by atomic mass is 10.1. The molecule has 0 aliphatic heterocycles. The topological polar surface area (TPSA) is 101 Å². The first kappa shape index (κ1) is 19.2. The molecule has 1 unspecified atom stereocenters. The largest absolute Gasteiger partial charge is 0.397 e. The molecule has 114 valence electrons. The highest BCUT2D eigenvalue weighted by Gasteiger charge is 2.18. The van der Waals surface area contributed by atoms with E-state index in [0.717, 1.165) is 16.3 Å². The molecule has 1 rings (SSSR count). The fourth-order valence-electron chi connectivity index (χ4n) is 1.47. The summed E-state index contributed by atoms with van der Waals surface area (Å²) >= 11 is 3.30. The third-order valence-electron chi connectivity index (χ3n) is 2.39. The predicted octanol–water partition coefficient (Wildman–Crippen LogP) is 1.64. The van der Waals surface area contributed by atoms with E-state index in [2.05, 4.69) is 26.0 Å². The van der Waals surface area contributed by atoms with Crippen LogP contribution in [0.4, 0.5) is 11.4 Å². The summed E-state index contributed by atoms with van der Waals surface area (Å²) in [6.07, 6.45) is 0.994. The molecule has 0 fully saturated rings. The molecule has 1 aromatic rings. The van der Waals surface area contributed by atoms with Gasteiger partial charge in [-0.3, -0.25) is 4.79 Å². The van der Waals surface area contributed by atoms with Crippen molar-refractivity contribution in [1.29, 1.82) is 0 Å². The summed E-state index contributed by atoms with van der Waals surface area (Å²) in [6, 6.07) is 2.60.